The highest BCUT2D eigenvalue weighted by Gasteiger charge is 2.34. The number of urea groups is 1. The molecule has 0 radical (unpaired) electrons. The first-order valence-electron chi connectivity index (χ1n) is 8.33. The molecule has 7 heteroatoms. The van der Waals surface area contributed by atoms with E-state index in [2.05, 4.69) is 22.3 Å². The summed E-state index contributed by atoms with van der Waals surface area (Å²) < 4.78 is 29.6. The number of alkyl halides is 2. The molecule has 132 valence electrons. The van der Waals surface area contributed by atoms with Crippen molar-refractivity contribution >= 4 is 11.7 Å². The van der Waals surface area contributed by atoms with Gasteiger partial charge in [-0.05, 0) is 44.7 Å². The highest BCUT2D eigenvalue weighted by atomic mass is 19.3. The van der Waals surface area contributed by atoms with Crippen LogP contribution in [0.2, 0.25) is 0 Å². The molecule has 2 aliphatic rings. The Morgan fingerprint density at radius 3 is 2.79 bits per heavy atom. The highest BCUT2D eigenvalue weighted by molar-refractivity contribution is 5.75. The number of nitrogens with zero attached hydrogens (tertiary/aromatic N) is 1. The zero-order chi connectivity index (χ0) is 17.2. The van der Waals surface area contributed by atoms with Gasteiger partial charge in [0.05, 0.1) is 5.69 Å². The number of nitrogens with one attached hydrogen (secondary N) is 2. The molecule has 2 N–H and O–H groups in total. The van der Waals surface area contributed by atoms with Crippen LogP contribution in [-0.4, -0.2) is 37.3 Å². The summed E-state index contributed by atoms with van der Waals surface area (Å²) in [5, 5.41) is 6.00. The topological polar surface area (TPSA) is 53.6 Å². The summed E-state index contributed by atoms with van der Waals surface area (Å²) in [6, 6.07) is 6.59. The predicted molar refractivity (Wildman–Crippen MR) is 87.6 cm³/mol. The van der Waals surface area contributed by atoms with Crippen LogP contribution in [0.5, 0.6) is 5.75 Å². The van der Waals surface area contributed by atoms with Crippen LogP contribution in [0.3, 0.4) is 0 Å². The molecular weight excluding hydrogens is 316 g/mol. The molecule has 0 spiro atoms. The van der Waals surface area contributed by atoms with Gasteiger partial charge >= 0.3 is 12.6 Å². The van der Waals surface area contributed by atoms with Gasteiger partial charge in [-0.25, -0.2) is 4.79 Å². The van der Waals surface area contributed by atoms with Crippen molar-refractivity contribution in [3.63, 3.8) is 0 Å². The SMILES string of the molecule is CC1(NC(=O)NC2CCN(c3ccccc3OC(F)F)C2)CCC1. The lowest BCUT2D eigenvalue weighted by Gasteiger charge is -2.39. The average molecular weight is 339 g/mol. The largest absolute Gasteiger partial charge is 0.433 e. The molecule has 24 heavy (non-hydrogen) atoms. The fraction of sp³-hybridized carbons (Fsp3) is 0.588. The van der Waals surface area contributed by atoms with E-state index in [1.165, 1.54) is 6.07 Å². The lowest BCUT2D eigenvalue weighted by Crippen LogP contribution is -2.56. The lowest BCUT2D eigenvalue weighted by atomic mass is 9.79. The minimum Gasteiger partial charge on any atom is -0.433 e. The molecule has 2 fully saturated rings. The first-order valence-corrected chi connectivity index (χ1v) is 8.33. The Morgan fingerprint density at radius 2 is 2.12 bits per heavy atom. The average Bonchev–Trinajstić information content (AvgIpc) is 2.93. The molecule has 1 atom stereocenters. The zero-order valence-corrected chi connectivity index (χ0v) is 13.7. The fourth-order valence-corrected chi connectivity index (χ4v) is 3.34. The molecule has 1 saturated carbocycles. The van der Waals surface area contributed by atoms with Crippen LogP contribution in [-0.2, 0) is 0 Å². The molecule has 1 saturated heterocycles. The van der Waals surface area contributed by atoms with Crippen molar-refractivity contribution in [2.75, 3.05) is 18.0 Å². The maximum absolute atomic E-state index is 12.5. The first-order chi connectivity index (χ1) is 11.5. The number of ether oxygens (including phenoxy) is 1. The van der Waals surface area contributed by atoms with Gasteiger partial charge < -0.3 is 20.3 Å². The van der Waals surface area contributed by atoms with E-state index in [0.29, 0.717) is 18.8 Å². The Bertz CT molecular complexity index is 593. The van der Waals surface area contributed by atoms with Gasteiger partial charge in [-0.15, -0.1) is 0 Å². The molecule has 1 heterocycles. The van der Waals surface area contributed by atoms with E-state index in [9.17, 15) is 13.6 Å². The Morgan fingerprint density at radius 1 is 1.38 bits per heavy atom. The zero-order valence-electron chi connectivity index (χ0n) is 13.7. The number of hydrogen-bond donors (Lipinski definition) is 2. The summed E-state index contributed by atoms with van der Waals surface area (Å²) in [5.74, 6) is 0.166. The van der Waals surface area contributed by atoms with Gasteiger partial charge in [-0.2, -0.15) is 8.78 Å². The Kier molecular flexibility index (Phi) is 4.78. The van der Waals surface area contributed by atoms with E-state index < -0.39 is 6.61 Å². The molecule has 0 bridgehead atoms. The second kappa shape index (κ2) is 6.83. The summed E-state index contributed by atoms with van der Waals surface area (Å²) in [6.45, 7) is 0.464. The van der Waals surface area contributed by atoms with Gasteiger partial charge in [0, 0.05) is 24.7 Å². The minimum absolute atomic E-state index is 0.00622. The van der Waals surface area contributed by atoms with Crippen molar-refractivity contribution in [3.05, 3.63) is 24.3 Å². The van der Waals surface area contributed by atoms with Gasteiger partial charge in [0.2, 0.25) is 0 Å². The van der Waals surface area contributed by atoms with E-state index in [0.717, 1.165) is 25.7 Å². The minimum atomic E-state index is -2.85. The summed E-state index contributed by atoms with van der Waals surface area (Å²) >= 11 is 0. The van der Waals surface area contributed by atoms with Gasteiger partial charge in [-0.3, -0.25) is 0 Å². The highest BCUT2D eigenvalue weighted by Crippen LogP contribution is 2.32. The summed E-state index contributed by atoms with van der Waals surface area (Å²) in [7, 11) is 0. The number of rotatable bonds is 5. The lowest BCUT2D eigenvalue weighted by molar-refractivity contribution is -0.0495. The third-order valence-corrected chi connectivity index (χ3v) is 4.82. The standard InChI is InChI=1S/C17H23F2N3O2/c1-17(8-4-9-17)21-16(23)20-12-7-10-22(11-12)13-5-2-3-6-14(13)24-15(18)19/h2-3,5-6,12,15H,4,7-11H2,1H3,(H2,20,21,23). The fourth-order valence-electron chi connectivity index (χ4n) is 3.34. The third kappa shape index (κ3) is 3.88. The van der Waals surface area contributed by atoms with E-state index in [1.54, 1.807) is 18.2 Å². The number of anilines is 1. The van der Waals surface area contributed by atoms with E-state index in [4.69, 9.17) is 0 Å². The molecule has 1 aromatic carbocycles. The number of para-hydroxylation sites is 2. The third-order valence-electron chi connectivity index (χ3n) is 4.82. The Hall–Kier alpha value is -2.05. The summed E-state index contributed by atoms with van der Waals surface area (Å²) in [5.41, 5.74) is 0.550. The van der Waals surface area contributed by atoms with Crippen molar-refractivity contribution in [2.45, 2.75) is 50.8 Å². The maximum Gasteiger partial charge on any atom is 0.387 e. The van der Waals surface area contributed by atoms with Gasteiger partial charge in [0.25, 0.3) is 0 Å². The molecular formula is C17H23F2N3O2. The number of carbonyl (C=O) groups excluding carboxylic acids is 1. The first kappa shape index (κ1) is 16.8. The number of carbonyl (C=O) groups is 1. The van der Waals surface area contributed by atoms with E-state index >= 15 is 0 Å². The van der Waals surface area contributed by atoms with Crippen LogP contribution in [0.1, 0.15) is 32.6 Å². The van der Waals surface area contributed by atoms with Crippen LogP contribution < -0.4 is 20.3 Å². The molecule has 2 amide bonds. The quantitative estimate of drug-likeness (QED) is 0.867. The molecule has 0 aromatic heterocycles. The van der Waals surface area contributed by atoms with Crippen molar-refractivity contribution in [1.82, 2.24) is 10.6 Å². The molecule has 3 rings (SSSR count). The van der Waals surface area contributed by atoms with Gasteiger partial charge in [-0.1, -0.05) is 12.1 Å². The van der Waals surface area contributed by atoms with Crippen LogP contribution in [0.25, 0.3) is 0 Å². The second-order valence-electron chi connectivity index (χ2n) is 6.79. The Balaban J connectivity index is 1.56. The van der Waals surface area contributed by atoms with Crippen molar-refractivity contribution in [3.8, 4) is 5.75 Å². The maximum atomic E-state index is 12.5. The molecule has 1 aliphatic heterocycles. The van der Waals surface area contributed by atoms with Crippen LogP contribution in [0.4, 0.5) is 19.3 Å². The van der Waals surface area contributed by atoms with Crippen LogP contribution in [0, 0.1) is 0 Å². The van der Waals surface area contributed by atoms with Crippen LogP contribution >= 0.6 is 0 Å². The van der Waals surface area contributed by atoms with Crippen LogP contribution in [0.15, 0.2) is 24.3 Å². The molecule has 5 nitrogen and oxygen atoms in total. The molecule has 1 unspecified atom stereocenters. The predicted octanol–water partition coefficient (Wildman–Crippen LogP) is 3.11. The van der Waals surface area contributed by atoms with Gasteiger partial charge in [0.1, 0.15) is 5.75 Å². The number of halogens is 2. The van der Waals surface area contributed by atoms with E-state index in [1.807, 2.05) is 4.90 Å². The van der Waals surface area contributed by atoms with Gasteiger partial charge in [0.15, 0.2) is 0 Å². The van der Waals surface area contributed by atoms with Crippen molar-refractivity contribution in [1.29, 1.82) is 0 Å². The Labute approximate surface area is 140 Å². The number of amides is 2. The summed E-state index contributed by atoms with van der Waals surface area (Å²) in [6.07, 6.45) is 3.94. The molecule has 1 aliphatic carbocycles. The van der Waals surface area contributed by atoms with Crippen molar-refractivity contribution in [2.24, 2.45) is 0 Å². The van der Waals surface area contributed by atoms with E-state index in [-0.39, 0.29) is 23.4 Å². The van der Waals surface area contributed by atoms with Crippen molar-refractivity contribution < 1.29 is 18.3 Å². The number of hydrogen-bond acceptors (Lipinski definition) is 3. The summed E-state index contributed by atoms with van der Waals surface area (Å²) in [4.78, 5) is 14.1. The second-order valence-corrected chi connectivity index (χ2v) is 6.79. The normalized spacial score (nSPS) is 22.2. The monoisotopic (exact) mass is 339 g/mol. The molecule has 1 aromatic rings. The number of benzene rings is 1. The smallest absolute Gasteiger partial charge is 0.387 e.